The molecule has 2 atom stereocenters. The number of amides is 1. The zero-order chi connectivity index (χ0) is 25.8. The molecule has 0 aliphatic carbocycles. The van der Waals surface area contributed by atoms with Gasteiger partial charge < -0.3 is 24.1 Å². The number of aliphatic hydroxyl groups excluding tert-OH is 1. The summed E-state index contributed by atoms with van der Waals surface area (Å²) in [6, 6.07) is 20.4. The summed E-state index contributed by atoms with van der Waals surface area (Å²) in [5.41, 5.74) is 1.18. The minimum Gasteiger partial charge on any atom is -0.491 e. The highest BCUT2D eigenvalue weighted by Crippen LogP contribution is 2.34. The van der Waals surface area contributed by atoms with Gasteiger partial charge in [0, 0.05) is 24.0 Å². The molecule has 8 nitrogen and oxygen atoms in total. The van der Waals surface area contributed by atoms with E-state index in [-0.39, 0.29) is 32.0 Å². The predicted molar refractivity (Wildman–Crippen MR) is 141 cm³/mol. The van der Waals surface area contributed by atoms with Crippen molar-refractivity contribution in [3.05, 3.63) is 72.3 Å². The first kappa shape index (κ1) is 27.3. The van der Waals surface area contributed by atoms with Gasteiger partial charge in [0.1, 0.15) is 18.5 Å². The fourth-order valence-corrected chi connectivity index (χ4v) is 3.89. The van der Waals surface area contributed by atoms with Crippen molar-refractivity contribution in [2.75, 3.05) is 37.5 Å². The summed E-state index contributed by atoms with van der Waals surface area (Å²) < 4.78 is 22.8. The van der Waals surface area contributed by atoms with Crippen LogP contribution in [0.4, 0.5) is 10.5 Å². The maximum atomic E-state index is 13.1. The number of aliphatic hydroxyl groups is 1. The van der Waals surface area contributed by atoms with Crippen LogP contribution in [0, 0.1) is 0 Å². The number of benzene rings is 3. The van der Waals surface area contributed by atoms with Gasteiger partial charge in [-0.1, -0.05) is 54.6 Å². The molecule has 0 aromatic heterocycles. The van der Waals surface area contributed by atoms with Crippen LogP contribution in [-0.2, 0) is 19.0 Å². The van der Waals surface area contributed by atoms with Gasteiger partial charge in [-0.05, 0) is 24.4 Å². The lowest BCUT2D eigenvalue weighted by atomic mass is 10.0. The summed E-state index contributed by atoms with van der Waals surface area (Å²) in [5, 5.41) is 13.9. The molecule has 3 aromatic carbocycles. The molecule has 2 N–H and O–H groups in total. The topological polar surface area (TPSA) is 103 Å². The molecule has 0 bridgehead atoms. The van der Waals surface area contributed by atoms with Gasteiger partial charge in [-0.2, -0.15) is 12.6 Å². The number of fused-ring (bicyclic) bond motifs is 1. The molecule has 36 heavy (non-hydrogen) atoms. The van der Waals surface area contributed by atoms with Crippen LogP contribution in [0.2, 0.25) is 0 Å². The van der Waals surface area contributed by atoms with Gasteiger partial charge in [-0.25, -0.2) is 4.79 Å². The Morgan fingerprint density at radius 2 is 1.75 bits per heavy atom. The summed E-state index contributed by atoms with van der Waals surface area (Å²) in [5.74, 6) is -0.0391. The van der Waals surface area contributed by atoms with Crippen molar-refractivity contribution < 1.29 is 33.6 Å². The lowest BCUT2D eigenvalue weighted by Crippen LogP contribution is -2.31. The Morgan fingerprint density at radius 3 is 2.53 bits per heavy atom. The van der Waals surface area contributed by atoms with E-state index in [2.05, 4.69) is 17.9 Å². The van der Waals surface area contributed by atoms with E-state index in [4.69, 9.17) is 18.9 Å². The number of ether oxygens (including phenoxy) is 4. The summed E-state index contributed by atoms with van der Waals surface area (Å²) in [6.45, 7) is 2.14. The summed E-state index contributed by atoms with van der Waals surface area (Å²) in [4.78, 5) is 24.7. The number of nitrogens with one attached hydrogen (secondary N) is 1. The standard InChI is InChI=1S/C27H31NO7S/c1-2-32-24(14-16-34-25(30)18-36)26(21-11-5-6-13-23(21)33-17-15-29)35-27(31)28-22-12-7-9-19-8-3-4-10-20(19)22/h3-13,24,26,29,36H,2,14-18H2,1H3,(H,28,31)/t24-,26-/m1/s1. The normalized spacial score (nSPS) is 12.5. The summed E-state index contributed by atoms with van der Waals surface area (Å²) >= 11 is 3.92. The van der Waals surface area contributed by atoms with Crippen molar-refractivity contribution in [2.24, 2.45) is 0 Å². The third-order valence-electron chi connectivity index (χ3n) is 5.35. The smallest absolute Gasteiger partial charge is 0.412 e. The fourth-order valence-electron chi connectivity index (χ4n) is 3.80. The quantitative estimate of drug-likeness (QED) is 0.223. The predicted octanol–water partition coefficient (Wildman–Crippen LogP) is 4.77. The Morgan fingerprint density at radius 1 is 1.00 bits per heavy atom. The number of hydrogen-bond acceptors (Lipinski definition) is 8. The highest BCUT2D eigenvalue weighted by Gasteiger charge is 2.31. The molecule has 0 fully saturated rings. The van der Waals surface area contributed by atoms with E-state index in [0.29, 0.717) is 23.6 Å². The molecule has 0 spiro atoms. The van der Waals surface area contributed by atoms with Crippen molar-refractivity contribution in [3.63, 3.8) is 0 Å². The van der Waals surface area contributed by atoms with Gasteiger partial charge >= 0.3 is 12.1 Å². The molecule has 3 aromatic rings. The number of carbonyl (C=O) groups is 2. The van der Waals surface area contributed by atoms with Crippen LogP contribution in [0.5, 0.6) is 5.75 Å². The zero-order valence-corrected chi connectivity index (χ0v) is 21.0. The van der Waals surface area contributed by atoms with Crippen LogP contribution in [0.15, 0.2) is 66.7 Å². The second-order valence-electron chi connectivity index (χ2n) is 7.75. The summed E-state index contributed by atoms with van der Waals surface area (Å²) in [6.07, 6.45) is -1.93. The molecule has 1 amide bonds. The monoisotopic (exact) mass is 513 g/mol. The molecule has 0 radical (unpaired) electrons. The third kappa shape index (κ3) is 7.61. The number of para-hydroxylation sites is 1. The van der Waals surface area contributed by atoms with Crippen LogP contribution in [0.3, 0.4) is 0 Å². The molecule has 3 rings (SSSR count). The van der Waals surface area contributed by atoms with E-state index in [1.54, 1.807) is 30.3 Å². The fraction of sp³-hybridized carbons (Fsp3) is 0.333. The van der Waals surface area contributed by atoms with Gasteiger partial charge in [0.05, 0.1) is 24.7 Å². The number of esters is 1. The Bertz CT molecular complexity index is 1130. The third-order valence-corrected chi connectivity index (χ3v) is 5.61. The number of thiol groups is 1. The van der Waals surface area contributed by atoms with E-state index in [0.717, 1.165) is 10.8 Å². The molecule has 192 valence electrons. The Labute approximate surface area is 215 Å². The lowest BCUT2D eigenvalue weighted by molar-refractivity contribution is -0.142. The number of hydrogen-bond donors (Lipinski definition) is 3. The lowest BCUT2D eigenvalue weighted by Gasteiger charge is -2.28. The minimum atomic E-state index is -0.885. The van der Waals surface area contributed by atoms with E-state index in [1.165, 1.54) is 0 Å². The number of carbonyl (C=O) groups excluding carboxylic acids is 2. The van der Waals surface area contributed by atoms with Crippen molar-refractivity contribution in [3.8, 4) is 5.75 Å². The van der Waals surface area contributed by atoms with Gasteiger partial charge in [0.25, 0.3) is 0 Å². The molecule has 0 saturated carbocycles. The number of rotatable bonds is 13. The highest BCUT2D eigenvalue weighted by atomic mass is 32.1. The highest BCUT2D eigenvalue weighted by molar-refractivity contribution is 7.81. The summed E-state index contributed by atoms with van der Waals surface area (Å²) in [7, 11) is 0. The average Bonchev–Trinajstić information content (AvgIpc) is 2.90. The molecule has 0 saturated heterocycles. The van der Waals surface area contributed by atoms with E-state index in [9.17, 15) is 14.7 Å². The van der Waals surface area contributed by atoms with E-state index >= 15 is 0 Å². The second-order valence-corrected chi connectivity index (χ2v) is 8.06. The Hall–Kier alpha value is -3.27. The molecular formula is C27H31NO7S. The van der Waals surface area contributed by atoms with E-state index in [1.807, 2.05) is 43.3 Å². The van der Waals surface area contributed by atoms with Crippen LogP contribution < -0.4 is 10.1 Å². The van der Waals surface area contributed by atoms with Gasteiger partial charge in [-0.15, -0.1) is 0 Å². The Balaban J connectivity index is 1.88. The van der Waals surface area contributed by atoms with Crippen LogP contribution >= 0.6 is 12.6 Å². The van der Waals surface area contributed by atoms with Crippen LogP contribution in [-0.4, -0.2) is 55.5 Å². The molecular weight excluding hydrogens is 482 g/mol. The average molecular weight is 514 g/mol. The van der Waals surface area contributed by atoms with Crippen molar-refractivity contribution >= 4 is 41.2 Å². The molecule has 0 aliphatic heterocycles. The van der Waals surface area contributed by atoms with Gasteiger partial charge in [-0.3, -0.25) is 10.1 Å². The number of anilines is 1. The maximum absolute atomic E-state index is 13.1. The largest absolute Gasteiger partial charge is 0.491 e. The Kier molecular flexibility index (Phi) is 10.9. The second kappa shape index (κ2) is 14.3. The molecule has 0 unspecified atom stereocenters. The minimum absolute atomic E-state index is 0.0372. The molecule has 9 heteroatoms. The van der Waals surface area contributed by atoms with Crippen LogP contribution in [0.1, 0.15) is 25.0 Å². The van der Waals surface area contributed by atoms with Crippen molar-refractivity contribution in [1.82, 2.24) is 0 Å². The first-order chi connectivity index (χ1) is 17.6. The van der Waals surface area contributed by atoms with Gasteiger partial charge in [0.15, 0.2) is 6.10 Å². The first-order valence-corrected chi connectivity index (χ1v) is 12.4. The van der Waals surface area contributed by atoms with Crippen molar-refractivity contribution in [1.29, 1.82) is 0 Å². The first-order valence-electron chi connectivity index (χ1n) is 11.7. The maximum Gasteiger partial charge on any atom is 0.412 e. The van der Waals surface area contributed by atoms with Gasteiger partial charge in [0.2, 0.25) is 0 Å². The van der Waals surface area contributed by atoms with Crippen molar-refractivity contribution in [2.45, 2.75) is 25.6 Å². The molecule has 0 heterocycles. The molecule has 0 aliphatic rings. The zero-order valence-electron chi connectivity index (χ0n) is 20.1. The SMILES string of the molecule is CCO[C@H](CCOC(=O)CS)[C@H](OC(=O)Nc1cccc2ccccc12)c1ccccc1OCCO. The van der Waals surface area contributed by atoms with Crippen LogP contribution in [0.25, 0.3) is 10.8 Å². The van der Waals surface area contributed by atoms with E-state index < -0.39 is 24.3 Å².